The van der Waals surface area contributed by atoms with Gasteiger partial charge in [-0.3, -0.25) is 19.2 Å². The van der Waals surface area contributed by atoms with Crippen molar-refractivity contribution in [2.24, 2.45) is 35.5 Å². The molecule has 5 rings (SSSR count). The smallest absolute Gasteiger partial charge is 0.329 e. The molecule has 0 spiro atoms. The third-order valence-electron chi connectivity index (χ3n) is 17.0. The van der Waals surface area contributed by atoms with E-state index in [0.29, 0.717) is 50.7 Å². The molecule has 3 saturated heterocycles. The van der Waals surface area contributed by atoms with Crippen molar-refractivity contribution < 1.29 is 67.7 Å². The molecule has 2 bridgehead atoms. The fourth-order valence-electron chi connectivity index (χ4n) is 12.1. The van der Waals surface area contributed by atoms with Crippen LogP contribution in [0.1, 0.15) is 151 Å². The number of carbonyl (C=O) groups is 5. The van der Waals surface area contributed by atoms with E-state index in [1.165, 1.54) is 31.3 Å². The number of allylic oxidation sites excluding steroid dienone is 6. The number of fused-ring (bicyclic) bond motifs is 3. The highest BCUT2D eigenvalue weighted by Gasteiger charge is 2.53. The number of esters is 1. The van der Waals surface area contributed by atoms with Crippen LogP contribution in [-0.2, 0) is 52.4 Å². The minimum Gasteiger partial charge on any atom is -0.460 e. The molecular weight excluding hydrogens is 973 g/mol. The monoisotopic (exact) mass is 1070 g/mol. The molecule has 4 heterocycles. The molecule has 1 aliphatic carbocycles. The number of ketones is 3. The Hall–Kier alpha value is -3.45. The number of nitrogens with zero attached hydrogens (tertiary/aromatic N) is 2. The van der Waals surface area contributed by atoms with Crippen LogP contribution in [0.4, 0.5) is 0 Å². The summed E-state index contributed by atoms with van der Waals surface area (Å²) >= 11 is 0. The maximum Gasteiger partial charge on any atom is 0.329 e. The van der Waals surface area contributed by atoms with Crippen molar-refractivity contribution in [2.75, 3.05) is 60.2 Å². The largest absolute Gasteiger partial charge is 0.460 e. The van der Waals surface area contributed by atoms with E-state index in [0.717, 1.165) is 50.9 Å². The van der Waals surface area contributed by atoms with E-state index in [-0.39, 0.29) is 80.5 Å². The summed E-state index contributed by atoms with van der Waals surface area (Å²) in [5.41, 5.74) is 1.20. The molecule has 430 valence electrons. The molecule has 0 aromatic rings. The van der Waals surface area contributed by atoms with Gasteiger partial charge in [-0.15, -0.1) is 0 Å². The number of likely N-dealkylation sites (tertiary alicyclic amines) is 1. The first kappa shape index (κ1) is 63.4. The van der Waals surface area contributed by atoms with Gasteiger partial charge in [0.25, 0.3) is 11.7 Å². The fraction of sp³-hybridized carbons (Fsp3) is 0.783. The number of Topliss-reactive ketones (excluding diaryl/α,β-unsaturated/α-hetero) is 3. The number of piperidine rings is 2. The first-order chi connectivity index (χ1) is 36.3. The van der Waals surface area contributed by atoms with Gasteiger partial charge >= 0.3 is 5.97 Å². The van der Waals surface area contributed by atoms with Crippen molar-refractivity contribution in [1.29, 1.82) is 0 Å². The van der Waals surface area contributed by atoms with Crippen LogP contribution < -0.4 is 0 Å². The maximum atomic E-state index is 14.6. The Morgan fingerprint density at radius 2 is 1.54 bits per heavy atom. The van der Waals surface area contributed by atoms with Crippen molar-refractivity contribution in [3.8, 4) is 0 Å². The molecule has 0 aromatic carbocycles. The van der Waals surface area contributed by atoms with Crippen LogP contribution in [0.2, 0.25) is 0 Å². The molecule has 2 unspecified atom stereocenters. The number of ether oxygens (including phenoxy) is 6. The third-order valence-corrected chi connectivity index (χ3v) is 17.0. The predicted octanol–water partition coefficient (Wildman–Crippen LogP) is 7.44. The standard InChI is InChI=1S/C60H96N2O14/c1-39-19-12-10-13-20-40(2)51(74-32-30-63)37-47-24-22-45(7)60(70,76-47)57(67)58(68)62-29-17-14-21-48(62)59(69)75-52(38-49(64)41(3)34-44(6)55(66)56(72-9)54(65)43(5)33-39)42(4)35-46-23-25-50(53(36-46)71-8)73-31-18-28-61-26-15-11-16-27-61/h10,12-13,19-20,34,39,41-43,45-48,50-53,55-56,63,66,70H,11,14-18,21-33,35-38H2,1-9H3/b13-10+,19-12+,40-20+,44-34+/t39-,41-,42-,43-,45-,46+,47+,48?,50-,51?,52+,53-,55-,56+,60-/m1/s1. The second-order valence-corrected chi connectivity index (χ2v) is 23.0. The quantitative estimate of drug-likeness (QED) is 0.0709. The van der Waals surface area contributed by atoms with E-state index in [4.69, 9.17) is 28.4 Å². The Labute approximate surface area is 454 Å². The van der Waals surface area contributed by atoms with Gasteiger partial charge in [-0.1, -0.05) is 77.5 Å². The second-order valence-electron chi connectivity index (χ2n) is 23.0. The number of rotatable bonds is 13. The summed E-state index contributed by atoms with van der Waals surface area (Å²) in [4.78, 5) is 75.4. The lowest BCUT2D eigenvalue weighted by atomic mass is 9.78. The molecule has 5 aliphatic rings. The summed E-state index contributed by atoms with van der Waals surface area (Å²) < 4.78 is 36.7. The fourth-order valence-corrected chi connectivity index (χ4v) is 12.1. The number of aliphatic hydroxyl groups is 3. The molecular formula is C60H96N2O14. The molecule has 4 aliphatic heterocycles. The molecule has 1 amide bonds. The lowest BCUT2D eigenvalue weighted by Gasteiger charge is -2.43. The first-order valence-electron chi connectivity index (χ1n) is 28.8. The van der Waals surface area contributed by atoms with E-state index >= 15 is 0 Å². The summed E-state index contributed by atoms with van der Waals surface area (Å²) in [5.74, 6) is -8.00. The number of hydrogen-bond acceptors (Lipinski definition) is 15. The summed E-state index contributed by atoms with van der Waals surface area (Å²) in [6.45, 7) is 16.6. The Kier molecular flexibility index (Phi) is 26.2. The average molecular weight is 1070 g/mol. The van der Waals surface area contributed by atoms with Crippen molar-refractivity contribution in [3.05, 3.63) is 47.6 Å². The van der Waals surface area contributed by atoms with Gasteiger partial charge in [0, 0.05) is 64.5 Å². The minimum atomic E-state index is -2.48. The number of carbonyl (C=O) groups excluding carboxylic acids is 5. The Bertz CT molecular complexity index is 2000. The van der Waals surface area contributed by atoms with E-state index < -0.39 is 77.8 Å². The topological polar surface area (TPSA) is 208 Å². The zero-order valence-electron chi connectivity index (χ0n) is 47.5. The van der Waals surface area contributed by atoms with E-state index in [2.05, 4.69) is 4.90 Å². The van der Waals surface area contributed by atoms with E-state index in [9.17, 15) is 39.3 Å². The van der Waals surface area contributed by atoms with Gasteiger partial charge in [-0.05, 0) is 139 Å². The number of hydrogen-bond donors (Lipinski definition) is 3. The van der Waals surface area contributed by atoms with Gasteiger partial charge in [0.2, 0.25) is 5.79 Å². The number of cyclic esters (lactones) is 1. The van der Waals surface area contributed by atoms with Gasteiger partial charge in [-0.25, -0.2) is 4.79 Å². The summed E-state index contributed by atoms with van der Waals surface area (Å²) in [6, 6.07) is -1.15. The molecule has 16 nitrogen and oxygen atoms in total. The third kappa shape index (κ3) is 18.0. The average Bonchev–Trinajstić information content (AvgIpc) is 3.43. The molecule has 0 radical (unpaired) electrons. The normalized spacial score (nSPS) is 37.8. The summed E-state index contributed by atoms with van der Waals surface area (Å²) in [7, 11) is 3.10. The molecule has 4 fully saturated rings. The second kappa shape index (κ2) is 31.4. The SMILES string of the molecule is CO[C@@H]1C[C@H](C[C@@H](C)[C@@H]2CC(=O)[C@H](C)/C=C(\C)[C@@H](O)[C@@H](OC)C(=O)[C@H](C)C[C@H](C)/C=C/C=C/C=C(\C)C(OCCO)C[C@@H]3CC[C@@H](C)[C@@](O)(O3)C(=O)C(=O)N3CCCCC3C(=O)O2)CC[C@H]1OCCCN1CCCCC1. The number of amides is 1. The Morgan fingerprint density at radius 3 is 2.25 bits per heavy atom. The Morgan fingerprint density at radius 1 is 0.803 bits per heavy atom. The molecule has 0 aromatic heterocycles. The maximum absolute atomic E-state index is 14.6. The number of methoxy groups -OCH3 is 2. The molecule has 16 heteroatoms. The lowest BCUT2D eigenvalue weighted by Crippen LogP contribution is -2.61. The van der Waals surface area contributed by atoms with Gasteiger partial charge in [0.1, 0.15) is 30.1 Å². The zero-order chi connectivity index (χ0) is 55.5. The predicted molar refractivity (Wildman–Crippen MR) is 290 cm³/mol. The van der Waals surface area contributed by atoms with Crippen LogP contribution in [0.15, 0.2) is 47.6 Å². The minimum absolute atomic E-state index is 0.00631. The highest BCUT2D eigenvalue weighted by atomic mass is 16.6. The molecule has 15 atom stereocenters. The van der Waals surface area contributed by atoms with Crippen LogP contribution in [0, 0.1) is 35.5 Å². The van der Waals surface area contributed by atoms with E-state index in [1.807, 2.05) is 58.1 Å². The van der Waals surface area contributed by atoms with Crippen LogP contribution in [-0.4, -0.2) is 169 Å². The van der Waals surface area contributed by atoms with Crippen molar-refractivity contribution in [1.82, 2.24) is 9.80 Å². The highest BCUT2D eigenvalue weighted by molar-refractivity contribution is 6.39. The highest BCUT2D eigenvalue weighted by Crippen LogP contribution is 2.38. The van der Waals surface area contributed by atoms with Gasteiger partial charge in [0.15, 0.2) is 5.78 Å². The van der Waals surface area contributed by atoms with Crippen molar-refractivity contribution >= 4 is 29.2 Å². The zero-order valence-corrected chi connectivity index (χ0v) is 47.5. The Balaban J connectivity index is 1.42. The summed E-state index contributed by atoms with van der Waals surface area (Å²) in [6.07, 6.45) is 16.8. The first-order valence-corrected chi connectivity index (χ1v) is 28.8. The van der Waals surface area contributed by atoms with E-state index in [1.54, 1.807) is 34.0 Å². The van der Waals surface area contributed by atoms with Crippen molar-refractivity contribution in [2.45, 2.75) is 206 Å². The lowest BCUT2D eigenvalue weighted by molar-refractivity contribution is -0.266. The molecule has 76 heavy (non-hydrogen) atoms. The van der Waals surface area contributed by atoms with Crippen LogP contribution >= 0.6 is 0 Å². The number of aliphatic hydroxyl groups excluding tert-OH is 2. The summed E-state index contributed by atoms with van der Waals surface area (Å²) in [5, 5.41) is 33.4. The van der Waals surface area contributed by atoms with Crippen LogP contribution in [0.25, 0.3) is 0 Å². The van der Waals surface area contributed by atoms with Gasteiger partial charge in [0.05, 0.1) is 37.6 Å². The van der Waals surface area contributed by atoms with Gasteiger partial charge < -0.3 is 53.5 Å². The molecule has 1 saturated carbocycles. The van der Waals surface area contributed by atoms with Crippen molar-refractivity contribution in [3.63, 3.8) is 0 Å². The van der Waals surface area contributed by atoms with Crippen LogP contribution in [0.3, 0.4) is 0 Å². The molecule has 3 N–H and O–H groups in total. The van der Waals surface area contributed by atoms with Crippen LogP contribution in [0.5, 0.6) is 0 Å². The van der Waals surface area contributed by atoms with Gasteiger partial charge in [-0.2, -0.15) is 0 Å².